The molecular formula is C19H18ClN3O3. The van der Waals surface area contributed by atoms with E-state index in [-0.39, 0.29) is 11.9 Å². The van der Waals surface area contributed by atoms with Crippen LogP contribution in [0, 0.1) is 0 Å². The van der Waals surface area contributed by atoms with Crippen molar-refractivity contribution in [3.8, 4) is 5.75 Å². The maximum absolute atomic E-state index is 12.9. The molecular weight excluding hydrogens is 354 g/mol. The molecule has 1 heterocycles. The number of methoxy groups -OCH3 is 1. The summed E-state index contributed by atoms with van der Waals surface area (Å²) in [4.78, 5) is 24.8. The molecule has 3 rings (SSSR count). The summed E-state index contributed by atoms with van der Waals surface area (Å²) in [5, 5.41) is 8.80. The largest absolute Gasteiger partial charge is 0.497 e. The van der Waals surface area contributed by atoms with E-state index >= 15 is 0 Å². The van der Waals surface area contributed by atoms with Crippen LogP contribution in [0.4, 0.5) is 10.5 Å². The zero-order valence-electron chi connectivity index (χ0n) is 14.3. The first-order chi connectivity index (χ1) is 12.5. The fraction of sp³-hybridized carbons (Fsp3) is 0.158. The number of urea groups is 1. The topological polar surface area (TPSA) is 79.5 Å². The SMILES string of the molecule is COc1ccc(NC(=O)C2=C(C)NC(=O)N[C@H]2c2cccc(Cl)c2)cc1. The minimum atomic E-state index is -0.597. The van der Waals surface area contributed by atoms with Crippen LogP contribution in [-0.4, -0.2) is 19.0 Å². The third-order valence-electron chi connectivity index (χ3n) is 4.04. The van der Waals surface area contributed by atoms with Crippen LogP contribution in [0.3, 0.4) is 0 Å². The van der Waals surface area contributed by atoms with Gasteiger partial charge in [0.1, 0.15) is 5.75 Å². The summed E-state index contributed by atoms with van der Waals surface area (Å²) in [7, 11) is 1.58. The van der Waals surface area contributed by atoms with E-state index in [1.165, 1.54) is 0 Å². The molecule has 3 N–H and O–H groups in total. The molecule has 0 aromatic heterocycles. The van der Waals surface area contributed by atoms with Crippen LogP contribution in [0.5, 0.6) is 5.75 Å². The van der Waals surface area contributed by atoms with Gasteiger partial charge in [-0.2, -0.15) is 0 Å². The Labute approximate surface area is 156 Å². The lowest BCUT2D eigenvalue weighted by Gasteiger charge is -2.28. The van der Waals surface area contributed by atoms with E-state index < -0.39 is 6.04 Å². The van der Waals surface area contributed by atoms with E-state index in [1.807, 2.05) is 6.07 Å². The van der Waals surface area contributed by atoms with E-state index in [9.17, 15) is 9.59 Å². The standard InChI is InChI=1S/C19H18ClN3O3/c1-11-16(18(24)22-14-6-8-15(26-2)9-7-14)17(23-19(25)21-11)12-4-3-5-13(20)10-12/h3-10,17H,1-2H3,(H,22,24)(H2,21,23,25)/t17-/m0/s1. The highest BCUT2D eigenvalue weighted by atomic mass is 35.5. The van der Waals surface area contributed by atoms with Crippen LogP contribution in [0.2, 0.25) is 5.02 Å². The Kier molecular flexibility index (Phi) is 5.14. The molecule has 0 fully saturated rings. The van der Waals surface area contributed by atoms with Gasteiger partial charge in [-0.1, -0.05) is 23.7 Å². The second kappa shape index (κ2) is 7.49. The minimum Gasteiger partial charge on any atom is -0.497 e. The number of carbonyl (C=O) groups excluding carboxylic acids is 2. The molecule has 1 aliphatic rings. The number of nitrogens with one attached hydrogen (secondary N) is 3. The highest BCUT2D eigenvalue weighted by Crippen LogP contribution is 2.29. The van der Waals surface area contributed by atoms with Crippen molar-refractivity contribution in [2.24, 2.45) is 0 Å². The van der Waals surface area contributed by atoms with Crippen LogP contribution < -0.4 is 20.7 Å². The van der Waals surface area contributed by atoms with Crippen molar-refractivity contribution >= 4 is 29.2 Å². The molecule has 1 aliphatic heterocycles. The van der Waals surface area contributed by atoms with Crippen molar-refractivity contribution in [2.75, 3.05) is 12.4 Å². The summed E-state index contributed by atoms with van der Waals surface area (Å²) in [6.45, 7) is 1.69. The fourth-order valence-electron chi connectivity index (χ4n) is 2.80. The van der Waals surface area contributed by atoms with E-state index in [0.717, 1.165) is 5.56 Å². The van der Waals surface area contributed by atoms with E-state index in [2.05, 4.69) is 16.0 Å². The highest BCUT2D eigenvalue weighted by molar-refractivity contribution is 6.30. The number of anilines is 1. The minimum absolute atomic E-state index is 0.315. The molecule has 0 saturated heterocycles. The van der Waals surface area contributed by atoms with Crippen LogP contribution in [0.1, 0.15) is 18.5 Å². The number of hydrogen-bond donors (Lipinski definition) is 3. The van der Waals surface area contributed by atoms with Gasteiger partial charge in [0.25, 0.3) is 5.91 Å². The molecule has 3 amide bonds. The van der Waals surface area contributed by atoms with Crippen molar-refractivity contribution in [3.05, 3.63) is 70.4 Å². The lowest BCUT2D eigenvalue weighted by Crippen LogP contribution is -2.45. The molecule has 0 unspecified atom stereocenters. The normalized spacial score (nSPS) is 16.6. The van der Waals surface area contributed by atoms with Gasteiger partial charge in [0.2, 0.25) is 0 Å². The first-order valence-electron chi connectivity index (χ1n) is 7.97. The molecule has 134 valence electrons. The maximum atomic E-state index is 12.9. The van der Waals surface area contributed by atoms with Crippen molar-refractivity contribution < 1.29 is 14.3 Å². The zero-order chi connectivity index (χ0) is 18.7. The van der Waals surface area contributed by atoms with Gasteiger partial charge in [-0.3, -0.25) is 4.79 Å². The molecule has 6 nitrogen and oxygen atoms in total. The quantitative estimate of drug-likeness (QED) is 0.768. The van der Waals surface area contributed by atoms with Gasteiger partial charge in [-0.05, 0) is 48.9 Å². The van der Waals surface area contributed by atoms with E-state index in [1.54, 1.807) is 56.5 Å². The van der Waals surface area contributed by atoms with E-state index in [4.69, 9.17) is 16.3 Å². The first kappa shape index (κ1) is 17.8. The van der Waals surface area contributed by atoms with Crippen molar-refractivity contribution in [3.63, 3.8) is 0 Å². The fourth-order valence-corrected chi connectivity index (χ4v) is 3.00. The number of hydrogen-bond acceptors (Lipinski definition) is 3. The number of benzene rings is 2. The Hall–Kier alpha value is -2.99. The lowest BCUT2D eigenvalue weighted by atomic mass is 9.95. The van der Waals surface area contributed by atoms with Crippen molar-refractivity contribution in [1.82, 2.24) is 10.6 Å². The van der Waals surface area contributed by atoms with Gasteiger partial charge in [0, 0.05) is 16.4 Å². The molecule has 7 heteroatoms. The van der Waals surface area contributed by atoms with Crippen LogP contribution in [-0.2, 0) is 4.79 Å². The molecule has 0 bridgehead atoms. The van der Waals surface area contributed by atoms with Crippen LogP contribution in [0.25, 0.3) is 0 Å². The van der Waals surface area contributed by atoms with E-state index in [0.29, 0.717) is 27.7 Å². The Morgan fingerprint density at radius 1 is 1.19 bits per heavy atom. The van der Waals surface area contributed by atoms with Crippen molar-refractivity contribution in [1.29, 1.82) is 0 Å². The predicted molar refractivity (Wildman–Crippen MR) is 100 cm³/mol. The molecule has 2 aromatic carbocycles. The second-order valence-corrected chi connectivity index (χ2v) is 6.24. The summed E-state index contributed by atoms with van der Waals surface area (Å²) in [5.74, 6) is 0.381. The number of rotatable bonds is 4. The average molecular weight is 372 g/mol. The van der Waals surface area contributed by atoms with Crippen LogP contribution >= 0.6 is 11.6 Å². The van der Waals surface area contributed by atoms with Gasteiger partial charge >= 0.3 is 6.03 Å². The summed E-state index contributed by atoms with van der Waals surface area (Å²) in [6.07, 6.45) is 0. The number of carbonyl (C=O) groups is 2. The molecule has 1 atom stereocenters. The summed E-state index contributed by atoms with van der Waals surface area (Å²) in [5.41, 5.74) is 2.26. The molecule has 0 spiro atoms. The van der Waals surface area contributed by atoms with Gasteiger partial charge in [0.15, 0.2) is 0 Å². The maximum Gasteiger partial charge on any atom is 0.319 e. The summed E-state index contributed by atoms with van der Waals surface area (Å²) in [6, 6.07) is 13.1. The summed E-state index contributed by atoms with van der Waals surface area (Å²) >= 11 is 6.07. The molecule has 0 aliphatic carbocycles. The molecule has 26 heavy (non-hydrogen) atoms. The Balaban J connectivity index is 1.91. The number of amides is 3. The zero-order valence-corrected chi connectivity index (χ0v) is 15.1. The molecule has 2 aromatic rings. The third kappa shape index (κ3) is 3.81. The van der Waals surface area contributed by atoms with Gasteiger partial charge in [-0.15, -0.1) is 0 Å². The highest BCUT2D eigenvalue weighted by Gasteiger charge is 2.31. The van der Waals surface area contributed by atoms with Crippen LogP contribution in [0.15, 0.2) is 59.8 Å². The van der Waals surface area contributed by atoms with Gasteiger partial charge in [-0.25, -0.2) is 4.79 Å². The van der Waals surface area contributed by atoms with Gasteiger partial charge in [0.05, 0.1) is 18.7 Å². The number of halogens is 1. The monoisotopic (exact) mass is 371 g/mol. The Morgan fingerprint density at radius 2 is 1.92 bits per heavy atom. The second-order valence-electron chi connectivity index (χ2n) is 5.81. The number of allylic oxidation sites excluding steroid dienone is 1. The average Bonchev–Trinajstić information content (AvgIpc) is 2.61. The van der Waals surface area contributed by atoms with Crippen molar-refractivity contribution in [2.45, 2.75) is 13.0 Å². The van der Waals surface area contributed by atoms with Gasteiger partial charge < -0.3 is 20.7 Å². The number of ether oxygens (including phenoxy) is 1. The smallest absolute Gasteiger partial charge is 0.319 e. The predicted octanol–water partition coefficient (Wildman–Crippen LogP) is 3.62. The third-order valence-corrected chi connectivity index (χ3v) is 4.28. The molecule has 0 saturated carbocycles. The molecule has 0 radical (unpaired) electrons. The Morgan fingerprint density at radius 3 is 2.58 bits per heavy atom. The Bertz CT molecular complexity index is 878. The lowest BCUT2D eigenvalue weighted by molar-refractivity contribution is -0.113. The first-order valence-corrected chi connectivity index (χ1v) is 8.35. The summed E-state index contributed by atoms with van der Waals surface area (Å²) < 4.78 is 5.11.